The first-order valence-corrected chi connectivity index (χ1v) is 12.9. The van der Waals surface area contributed by atoms with Crippen LogP contribution in [0.5, 0.6) is 0 Å². The summed E-state index contributed by atoms with van der Waals surface area (Å²) in [6, 6.07) is 0. The van der Waals surface area contributed by atoms with Crippen LogP contribution in [0.1, 0.15) is 47.5 Å². The fraction of sp³-hybridized carbons (Fsp3) is 0.905. The molecule has 0 aliphatic carbocycles. The number of hydrogen-bond donors (Lipinski definition) is 2. The van der Waals surface area contributed by atoms with Crippen LogP contribution in [0.4, 0.5) is 0 Å². The first-order chi connectivity index (χ1) is 13.6. The molecule has 6 nitrogen and oxygen atoms in total. The first-order valence-electron chi connectivity index (χ1n) is 10.4. The average molecular weight is 451 g/mol. The summed E-state index contributed by atoms with van der Waals surface area (Å²) >= 11 is 3.45. The Kier molecular flexibility index (Phi) is 16.0. The third-order valence-electron chi connectivity index (χ3n) is 4.02. The van der Waals surface area contributed by atoms with Crippen molar-refractivity contribution < 1.29 is 19.1 Å². The number of ether oxygens (including phenoxy) is 2. The van der Waals surface area contributed by atoms with Crippen LogP contribution < -0.4 is 10.6 Å². The van der Waals surface area contributed by atoms with Crippen LogP contribution in [0.25, 0.3) is 0 Å². The van der Waals surface area contributed by atoms with Crippen molar-refractivity contribution in [2.75, 3.05) is 63.0 Å². The van der Waals surface area contributed by atoms with Gasteiger partial charge in [-0.15, -0.1) is 0 Å². The molecule has 0 rings (SSSR count). The third-order valence-corrected chi connectivity index (χ3v) is 5.54. The van der Waals surface area contributed by atoms with Gasteiger partial charge in [-0.1, -0.05) is 34.6 Å². The van der Waals surface area contributed by atoms with E-state index in [1.807, 2.05) is 6.26 Å². The van der Waals surface area contributed by atoms with Crippen LogP contribution >= 0.6 is 23.5 Å². The summed E-state index contributed by atoms with van der Waals surface area (Å²) in [5, 5.41) is 5.87. The molecule has 8 heteroatoms. The van der Waals surface area contributed by atoms with Crippen molar-refractivity contribution in [1.29, 1.82) is 0 Å². The predicted octanol–water partition coefficient (Wildman–Crippen LogP) is 3.20. The maximum Gasteiger partial charge on any atom is 0.220 e. The molecule has 0 spiro atoms. The molecule has 0 saturated carbocycles. The molecule has 0 atom stereocenters. The van der Waals surface area contributed by atoms with Gasteiger partial charge in [-0.25, -0.2) is 0 Å². The summed E-state index contributed by atoms with van der Waals surface area (Å²) < 4.78 is 11.6. The van der Waals surface area contributed by atoms with Crippen molar-refractivity contribution in [3.8, 4) is 0 Å². The highest BCUT2D eigenvalue weighted by atomic mass is 32.2. The Balaban J connectivity index is 3.90. The summed E-state index contributed by atoms with van der Waals surface area (Å²) in [6.07, 6.45) is 3.11. The Bertz CT molecular complexity index is 460. The van der Waals surface area contributed by atoms with Gasteiger partial charge in [-0.3, -0.25) is 9.59 Å². The van der Waals surface area contributed by atoms with Crippen LogP contribution in [0.15, 0.2) is 0 Å². The lowest BCUT2D eigenvalue weighted by molar-refractivity contribution is -0.122. The van der Waals surface area contributed by atoms with Crippen LogP contribution in [-0.2, 0) is 19.1 Å². The van der Waals surface area contributed by atoms with E-state index >= 15 is 0 Å². The minimum absolute atomic E-state index is 0.0731. The molecule has 0 aromatic rings. The summed E-state index contributed by atoms with van der Waals surface area (Å²) in [7, 11) is 0. The maximum atomic E-state index is 11.9. The molecule has 2 amide bonds. The van der Waals surface area contributed by atoms with Gasteiger partial charge in [0.05, 0.1) is 26.4 Å². The molecule has 172 valence electrons. The monoisotopic (exact) mass is 450 g/mol. The maximum absolute atomic E-state index is 11.9. The molecule has 2 N–H and O–H groups in total. The van der Waals surface area contributed by atoms with Crippen molar-refractivity contribution in [1.82, 2.24) is 10.6 Å². The van der Waals surface area contributed by atoms with Gasteiger partial charge < -0.3 is 20.1 Å². The molecule has 0 saturated heterocycles. The molecule has 29 heavy (non-hydrogen) atoms. The number of amides is 2. The number of rotatable bonds is 18. The van der Waals surface area contributed by atoms with Crippen LogP contribution in [0.2, 0.25) is 0 Å². The summed E-state index contributed by atoms with van der Waals surface area (Å²) in [6.45, 7) is 13.9. The zero-order chi connectivity index (χ0) is 22.2. The standard InChI is InChI=1S/C21H42N2O4S2/c1-7-29-13-9-19(25)23-14-20(2,3)15-27-17-21(4,5)16-26-11-10-22-18(24)8-12-28-6/h7-17H2,1-6H3,(H,22,24)(H,23,25). The quantitative estimate of drug-likeness (QED) is 0.312. The van der Waals surface area contributed by atoms with Crippen molar-refractivity contribution >= 4 is 35.3 Å². The Hall–Kier alpha value is -0.440. The Morgan fingerprint density at radius 2 is 1.45 bits per heavy atom. The van der Waals surface area contributed by atoms with Gasteiger partial charge in [0.1, 0.15) is 0 Å². The van der Waals surface area contributed by atoms with Crippen LogP contribution in [-0.4, -0.2) is 74.8 Å². The van der Waals surface area contributed by atoms with Crippen LogP contribution in [0.3, 0.4) is 0 Å². The fourth-order valence-corrected chi connectivity index (χ4v) is 3.33. The highest BCUT2D eigenvalue weighted by Crippen LogP contribution is 2.20. The van der Waals surface area contributed by atoms with Gasteiger partial charge in [0.2, 0.25) is 11.8 Å². The molecule has 0 aromatic heterocycles. The van der Waals surface area contributed by atoms with Gasteiger partial charge >= 0.3 is 0 Å². The number of thioether (sulfide) groups is 2. The lowest BCUT2D eigenvalue weighted by Crippen LogP contribution is -2.38. The highest BCUT2D eigenvalue weighted by molar-refractivity contribution is 7.99. The second-order valence-electron chi connectivity index (χ2n) is 8.69. The van der Waals surface area contributed by atoms with Gasteiger partial charge in [0.15, 0.2) is 0 Å². The minimum atomic E-state index is -0.119. The summed E-state index contributed by atoms with van der Waals surface area (Å²) in [5.41, 5.74) is -0.231. The van der Waals surface area contributed by atoms with Gasteiger partial charge in [0, 0.05) is 48.3 Å². The zero-order valence-electron chi connectivity index (χ0n) is 19.2. The minimum Gasteiger partial charge on any atom is -0.380 e. The smallest absolute Gasteiger partial charge is 0.220 e. The van der Waals surface area contributed by atoms with Crippen molar-refractivity contribution in [2.24, 2.45) is 10.8 Å². The fourth-order valence-electron chi connectivity index (χ4n) is 2.33. The van der Waals surface area contributed by atoms with E-state index in [4.69, 9.17) is 9.47 Å². The molecular weight excluding hydrogens is 408 g/mol. The lowest BCUT2D eigenvalue weighted by Gasteiger charge is -2.29. The number of carbonyl (C=O) groups excluding carboxylic acids is 2. The van der Waals surface area contributed by atoms with E-state index in [1.54, 1.807) is 23.5 Å². The molecule has 0 aromatic carbocycles. The van der Waals surface area contributed by atoms with E-state index in [1.165, 1.54) is 0 Å². The number of nitrogens with one attached hydrogen (secondary N) is 2. The van der Waals surface area contributed by atoms with E-state index in [-0.39, 0.29) is 22.6 Å². The van der Waals surface area contributed by atoms with E-state index in [9.17, 15) is 9.59 Å². The molecule has 0 radical (unpaired) electrons. The topological polar surface area (TPSA) is 76.7 Å². The number of hydrogen-bond acceptors (Lipinski definition) is 6. The molecule has 0 unspecified atom stereocenters. The van der Waals surface area contributed by atoms with Gasteiger partial charge in [-0.2, -0.15) is 23.5 Å². The van der Waals surface area contributed by atoms with E-state index in [2.05, 4.69) is 45.3 Å². The molecule has 0 heterocycles. The Morgan fingerprint density at radius 1 is 0.862 bits per heavy atom. The third kappa shape index (κ3) is 18.1. The zero-order valence-corrected chi connectivity index (χ0v) is 20.9. The van der Waals surface area contributed by atoms with Crippen molar-refractivity contribution in [3.63, 3.8) is 0 Å². The number of carbonyl (C=O) groups is 2. The first kappa shape index (κ1) is 28.6. The molecule has 0 aliphatic rings. The summed E-state index contributed by atoms with van der Waals surface area (Å²) in [5.74, 6) is 2.93. The molecule has 0 bridgehead atoms. The van der Waals surface area contributed by atoms with Gasteiger partial charge in [-0.05, 0) is 12.0 Å². The second-order valence-corrected chi connectivity index (χ2v) is 11.1. The Morgan fingerprint density at radius 3 is 2.10 bits per heavy atom. The normalized spacial score (nSPS) is 12.1. The van der Waals surface area contributed by atoms with Crippen LogP contribution in [0, 0.1) is 10.8 Å². The van der Waals surface area contributed by atoms with E-state index in [0.29, 0.717) is 52.4 Å². The second kappa shape index (κ2) is 16.3. The SMILES string of the molecule is CCSCCC(=O)NCC(C)(C)COCC(C)(C)COCCNC(=O)CCSC. The Labute approximate surface area is 186 Å². The molecular formula is C21H42N2O4S2. The molecule has 0 aliphatic heterocycles. The highest BCUT2D eigenvalue weighted by Gasteiger charge is 2.23. The molecule has 0 fully saturated rings. The van der Waals surface area contributed by atoms with E-state index in [0.717, 1.165) is 17.3 Å². The largest absolute Gasteiger partial charge is 0.380 e. The van der Waals surface area contributed by atoms with Gasteiger partial charge in [0.25, 0.3) is 0 Å². The predicted molar refractivity (Wildman–Crippen MR) is 126 cm³/mol. The van der Waals surface area contributed by atoms with Crippen molar-refractivity contribution in [3.05, 3.63) is 0 Å². The average Bonchev–Trinajstić information content (AvgIpc) is 2.64. The van der Waals surface area contributed by atoms with E-state index < -0.39 is 0 Å². The lowest BCUT2D eigenvalue weighted by atomic mass is 9.93. The summed E-state index contributed by atoms with van der Waals surface area (Å²) in [4.78, 5) is 23.4. The van der Waals surface area contributed by atoms with Crippen molar-refractivity contribution in [2.45, 2.75) is 47.5 Å².